The monoisotopic (exact) mass is 343 g/mol. The second kappa shape index (κ2) is 7.31. The Labute approximate surface area is 143 Å². The van der Waals surface area contributed by atoms with Crippen LogP contribution in [0.1, 0.15) is 15.9 Å². The molecule has 0 aliphatic carbocycles. The fourth-order valence-electron chi connectivity index (χ4n) is 2.05. The number of amides is 1. The third-order valence-electron chi connectivity index (χ3n) is 3.20. The highest BCUT2D eigenvalue weighted by molar-refractivity contribution is 7.07. The molecule has 0 bridgehead atoms. The number of hydrogen-bond donors (Lipinski definition) is 1. The first-order valence-electron chi connectivity index (χ1n) is 7.02. The van der Waals surface area contributed by atoms with E-state index in [-0.39, 0.29) is 5.91 Å². The number of carbonyl (C=O) groups is 1. The zero-order chi connectivity index (χ0) is 16.1. The Morgan fingerprint density at radius 1 is 1.13 bits per heavy atom. The van der Waals surface area contributed by atoms with E-state index in [1.165, 1.54) is 0 Å². The summed E-state index contributed by atoms with van der Waals surface area (Å²) in [7, 11) is 0. The fraction of sp³-hybridized carbons (Fsp3) is 0.0556. The molecule has 116 valence electrons. The molecule has 1 heterocycles. The zero-order valence-electron chi connectivity index (χ0n) is 12.2. The van der Waals surface area contributed by atoms with Gasteiger partial charge < -0.3 is 10.1 Å². The van der Waals surface area contributed by atoms with E-state index in [4.69, 9.17) is 16.3 Å². The number of thiophene rings is 1. The molecule has 2 aromatic carbocycles. The summed E-state index contributed by atoms with van der Waals surface area (Å²) in [5.41, 5.74) is 2.23. The van der Waals surface area contributed by atoms with Gasteiger partial charge in [0, 0.05) is 11.8 Å². The summed E-state index contributed by atoms with van der Waals surface area (Å²) in [4.78, 5) is 12.3. The number of hydrogen-bond acceptors (Lipinski definition) is 3. The van der Waals surface area contributed by atoms with Crippen molar-refractivity contribution in [2.45, 2.75) is 6.61 Å². The summed E-state index contributed by atoms with van der Waals surface area (Å²) in [6.45, 7) is 0.505. The Hall–Kier alpha value is -2.30. The van der Waals surface area contributed by atoms with E-state index in [0.717, 1.165) is 5.56 Å². The lowest BCUT2D eigenvalue weighted by atomic mass is 10.2. The first kappa shape index (κ1) is 15.6. The topological polar surface area (TPSA) is 38.3 Å². The minimum atomic E-state index is -0.245. The van der Waals surface area contributed by atoms with Crippen LogP contribution in [0.2, 0.25) is 5.02 Å². The van der Waals surface area contributed by atoms with Crippen LogP contribution >= 0.6 is 22.9 Å². The maximum atomic E-state index is 12.3. The predicted octanol–water partition coefficient (Wildman–Crippen LogP) is 5.23. The van der Waals surface area contributed by atoms with Crippen LogP contribution in [0.5, 0.6) is 5.75 Å². The van der Waals surface area contributed by atoms with Gasteiger partial charge in [-0.25, -0.2) is 0 Å². The van der Waals surface area contributed by atoms with Gasteiger partial charge in [-0.1, -0.05) is 29.8 Å². The molecule has 3 aromatic rings. The molecule has 0 radical (unpaired) electrons. The first-order chi connectivity index (χ1) is 11.2. The average molecular weight is 344 g/mol. The molecule has 23 heavy (non-hydrogen) atoms. The van der Waals surface area contributed by atoms with Crippen LogP contribution in [-0.4, -0.2) is 5.91 Å². The van der Waals surface area contributed by atoms with Crippen molar-refractivity contribution < 1.29 is 9.53 Å². The summed E-state index contributed by atoms with van der Waals surface area (Å²) < 4.78 is 5.73. The fourth-order valence-corrected chi connectivity index (χ4v) is 2.92. The second-order valence-electron chi connectivity index (χ2n) is 4.88. The average Bonchev–Trinajstić information content (AvgIpc) is 3.07. The summed E-state index contributed by atoms with van der Waals surface area (Å²) >= 11 is 7.67. The van der Waals surface area contributed by atoms with Gasteiger partial charge >= 0.3 is 0 Å². The van der Waals surface area contributed by atoms with E-state index in [1.807, 2.05) is 35.0 Å². The molecule has 1 amide bonds. The van der Waals surface area contributed by atoms with Crippen molar-refractivity contribution in [3.63, 3.8) is 0 Å². The van der Waals surface area contributed by atoms with Gasteiger partial charge in [-0.15, -0.1) is 0 Å². The SMILES string of the molecule is O=C(Nc1cccc(OCc2ccsc2)c1)c1ccccc1Cl. The highest BCUT2D eigenvalue weighted by Crippen LogP contribution is 2.21. The molecule has 0 spiro atoms. The smallest absolute Gasteiger partial charge is 0.257 e. The largest absolute Gasteiger partial charge is 0.489 e. The van der Waals surface area contributed by atoms with Crippen LogP contribution in [-0.2, 0) is 6.61 Å². The lowest BCUT2D eigenvalue weighted by Crippen LogP contribution is -2.12. The molecular formula is C18H14ClNO2S. The van der Waals surface area contributed by atoms with E-state index >= 15 is 0 Å². The first-order valence-corrected chi connectivity index (χ1v) is 8.34. The molecule has 0 aliphatic heterocycles. The summed E-state index contributed by atoms with van der Waals surface area (Å²) in [6, 6.07) is 16.3. The normalized spacial score (nSPS) is 10.3. The van der Waals surface area contributed by atoms with Gasteiger partial charge in [0.25, 0.3) is 5.91 Å². The third-order valence-corrected chi connectivity index (χ3v) is 4.26. The molecule has 5 heteroatoms. The van der Waals surface area contributed by atoms with Crippen molar-refractivity contribution >= 4 is 34.5 Å². The van der Waals surface area contributed by atoms with Crippen LogP contribution in [0.4, 0.5) is 5.69 Å². The van der Waals surface area contributed by atoms with Crippen LogP contribution in [0.25, 0.3) is 0 Å². The molecule has 1 aromatic heterocycles. The van der Waals surface area contributed by atoms with Crippen molar-refractivity contribution in [2.24, 2.45) is 0 Å². The highest BCUT2D eigenvalue weighted by atomic mass is 35.5. The van der Waals surface area contributed by atoms with Crippen molar-refractivity contribution in [3.8, 4) is 5.75 Å². The molecule has 0 aliphatic rings. The van der Waals surface area contributed by atoms with E-state index in [0.29, 0.717) is 28.6 Å². The number of ether oxygens (including phenoxy) is 1. The molecular weight excluding hydrogens is 330 g/mol. The van der Waals surface area contributed by atoms with E-state index in [2.05, 4.69) is 5.32 Å². The van der Waals surface area contributed by atoms with Crippen molar-refractivity contribution in [1.82, 2.24) is 0 Å². The Bertz CT molecular complexity index is 802. The van der Waals surface area contributed by atoms with Crippen molar-refractivity contribution in [1.29, 1.82) is 0 Å². The van der Waals surface area contributed by atoms with Gasteiger partial charge in [0.1, 0.15) is 12.4 Å². The predicted molar refractivity (Wildman–Crippen MR) is 94.5 cm³/mol. The van der Waals surface area contributed by atoms with E-state index in [1.54, 1.807) is 41.7 Å². The van der Waals surface area contributed by atoms with Crippen LogP contribution in [0.15, 0.2) is 65.4 Å². The summed E-state index contributed by atoms with van der Waals surface area (Å²) in [5, 5.41) is 7.31. The van der Waals surface area contributed by atoms with E-state index in [9.17, 15) is 4.79 Å². The number of halogens is 1. The lowest BCUT2D eigenvalue weighted by molar-refractivity contribution is 0.102. The minimum absolute atomic E-state index is 0.245. The maximum Gasteiger partial charge on any atom is 0.257 e. The van der Waals surface area contributed by atoms with Gasteiger partial charge in [0.2, 0.25) is 0 Å². The third kappa shape index (κ3) is 4.12. The van der Waals surface area contributed by atoms with Crippen molar-refractivity contribution in [2.75, 3.05) is 5.32 Å². The van der Waals surface area contributed by atoms with Crippen LogP contribution < -0.4 is 10.1 Å². The number of anilines is 1. The standard InChI is InChI=1S/C18H14ClNO2S/c19-17-7-2-1-6-16(17)18(21)20-14-4-3-5-15(10-14)22-11-13-8-9-23-12-13/h1-10,12H,11H2,(H,20,21). The lowest BCUT2D eigenvalue weighted by Gasteiger charge is -2.09. The van der Waals surface area contributed by atoms with E-state index < -0.39 is 0 Å². The zero-order valence-corrected chi connectivity index (χ0v) is 13.7. The molecule has 0 atom stereocenters. The maximum absolute atomic E-state index is 12.3. The quantitative estimate of drug-likeness (QED) is 0.688. The Kier molecular flexibility index (Phi) is 4.95. The molecule has 0 fully saturated rings. The number of rotatable bonds is 5. The van der Waals surface area contributed by atoms with Gasteiger partial charge in [-0.05, 0) is 46.7 Å². The Morgan fingerprint density at radius 3 is 2.78 bits per heavy atom. The van der Waals surface area contributed by atoms with Crippen molar-refractivity contribution in [3.05, 3.63) is 81.5 Å². The Morgan fingerprint density at radius 2 is 2.00 bits per heavy atom. The summed E-state index contributed by atoms with van der Waals surface area (Å²) in [5.74, 6) is 0.457. The molecule has 0 saturated heterocycles. The minimum Gasteiger partial charge on any atom is -0.489 e. The molecule has 0 saturated carbocycles. The number of carbonyl (C=O) groups excluding carboxylic acids is 1. The Balaban J connectivity index is 1.67. The van der Waals surface area contributed by atoms with Gasteiger partial charge in [-0.3, -0.25) is 4.79 Å². The number of nitrogens with one attached hydrogen (secondary N) is 1. The van der Waals surface area contributed by atoms with Crippen LogP contribution in [0.3, 0.4) is 0 Å². The van der Waals surface area contributed by atoms with Gasteiger partial charge in [0.15, 0.2) is 0 Å². The van der Waals surface area contributed by atoms with Gasteiger partial charge in [-0.2, -0.15) is 11.3 Å². The van der Waals surface area contributed by atoms with Gasteiger partial charge in [0.05, 0.1) is 10.6 Å². The summed E-state index contributed by atoms with van der Waals surface area (Å²) in [6.07, 6.45) is 0. The molecule has 0 unspecified atom stereocenters. The highest BCUT2D eigenvalue weighted by Gasteiger charge is 2.10. The van der Waals surface area contributed by atoms with Crippen LogP contribution in [0, 0.1) is 0 Å². The number of benzene rings is 2. The molecule has 3 nitrogen and oxygen atoms in total. The second-order valence-corrected chi connectivity index (χ2v) is 6.07. The molecule has 3 rings (SSSR count). The molecule has 1 N–H and O–H groups in total.